The molecule has 0 aliphatic rings. The first-order valence-corrected chi connectivity index (χ1v) is 5.45. The van der Waals surface area contributed by atoms with Crippen LogP contribution in [0.25, 0.3) is 0 Å². The number of phosphoric ester groups is 1. The minimum absolute atomic E-state index is 0.500. The smallest absolute Gasteiger partial charge is 0.469 e. The van der Waals surface area contributed by atoms with E-state index in [4.69, 9.17) is 15.6 Å². The minimum Gasteiger partial charge on any atom is -0.550 e. The Bertz CT molecular complexity index is 226. The van der Waals surface area contributed by atoms with Gasteiger partial charge in [0, 0.05) is 12.4 Å². The summed E-state index contributed by atoms with van der Waals surface area (Å²) in [7, 11) is 1.20. The molecule has 0 rings (SSSR count). The highest BCUT2D eigenvalue weighted by Crippen LogP contribution is 2.35. The highest BCUT2D eigenvalue weighted by molar-refractivity contribution is 7.46. The zero-order valence-corrected chi connectivity index (χ0v) is 9.81. The van der Waals surface area contributed by atoms with Gasteiger partial charge in [0.05, 0.1) is 27.7 Å². The standard InChI is InChI=1S/C3H11N2.C3H7O6P/c1-5(2,3)4;4-3(5)1-2-9-10(6,7)8/h4H2,1-3H3;1-2H2,(H,4,5)(H2,6,7,8)/q+1;/p-1. The van der Waals surface area contributed by atoms with E-state index in [1.54, 1.807) is 0 Å². The number of hydrogen-bond acceptors (Lipinski definition) is 5. The molecule has 0 saturated heterocycles. The van der Waals surface area contributed by atoms with Gasteiger partial charge >= 0.3 is 7.82 Å². The fourth-order valence-electron chi connectivity index (χ4n) is 0.248. The van der Waals surface area contributed by atoms with E-state index in [-0.39, 0.29) is 0 Å². The zero-order valence-electron chi connectivity index (χ0n) is 8.91. The molecule has 0 aromatic heterocycles. The molecule has 0 aromatic carbocycles. The van der Waals surface area contributed by atoms with Crippen LogP contribution >= 0.6 is 7.82 Å². The lowest BCUT2D eigenvalue weighted by atomic mass is 10.5. The molecule has 4 N–H and O–H groups in total. The predicted molar refractivity (Wildman–Crippen MR) is 49.8 cm³/mol. The van der Waals surface area contributed by atoms with Crippen molar-refractivity contribution in [1.82, 2.24) is 0 Å². The number of carboxylic acids is 1. The van der Waals surface area contributed by atoms with Crippen LogP contribution < -0.4 is 10.9 Å². The fraction of sp³-hybridized carbons (Fsp3) is 0.833. The predicted octanol–water partition coefficient (Wildman–Crippen LogP) is -2.20. The average Bonchev–Trinajstić information content (AvgIpc) is 1.77. The summed E-state index contributed by atoms with van der Waals surface area (Å²) in [6.07, 6.45) is -0.523. The number of phosphoric acid groups is 1. The van der Waals surface area contributed by atoms with Crippen molar-refractivity contribution >= 4 is 13.8 Å². The van der Waals surface area contributed by atoms with Crippen molar-refractivity contribution in [3.8, 4) is 0 Å². The number of carbonyl (C=O) groups is 1. The van der Waals surface area contributed by atoms with Crippen LogP contribution in [-0.2, 0) is 13.9 Å². The van der Waals surface area contributed by atoms with Crippen molar-refractivity contribution in [1.29, 1.82) is 0 Å². The van der Waals surface area contributed by atoms with E-state index in [1.165, 1.54) is 0 Å². The number of aliphatic carboxylic acids is 1. The summed E-state index contributed by atoms with van der Waals surface area (Å²) in [5.74, 6) is 3.88. The third-order valence-corrected chi connectivity index (χ3v) is 1.08. The summed E-state index contributed by atoms with van der Waals surface area (Å²) < 4.78 is 14.2. The number of carbonyl (C=O) groups excluding carboxylic acids is 1. The van der Waals surface area contributed by atoms with Gasteiger partial charge in [0.25, 0.3) is 0 Å². The van der Waals surface area contributed by atoms with Gasteiger partial charge in [0.15, 0.2) is 0 Å². The van der Waals surface area contributed by atoms with Crippen LogP contribution in [0.2, 0.25) is 0 Å². The highest BCUT2D eigenvalue weighted by atomic mass is 31.2. The Hall–Kier alpha value is -0.500. The van der Waals surface area contributed by atoms with Crippen molar-refractivity contribution < 1.29 is 33.4 Å². The summed E-state index contributed by atoms with van der Waals surface area (Å²) in [6.45, 7) is -0.535. The number of carboxylic acid groups (broad SMARTS) is 1. The molecule has 0 fully saturated rings. The molecule has 0 radical (unpaired) electrons. The second kappa shape index (κ2) is 6.89. The first-order valence-electron chi connectivity index (χ1n) is 3.92. The largest absolute Gasteiger partial charge is 0.550 e. The van der Waals surface area contributed by atoms with E-state index < -0.39 is 26.8 Å². The van der Waals surface area contributed by atoms with Gasteiger partial charge < -0.3 is 19.7 Å². The highest BCUT2D eigenvalue weighted by Gasteiger charge is 2.12. The third-order valence-electron chi connectivity index (χ3n) is 0.566. The van der Waals surface area contributed by atoms with Crippen LogP contribution in [0.1, 0.15) is 6.42 Å². The van der Waals surface area contributed by atoms with E-state index >= 15 is 0 Å². The Labute approximate surface area is 88.1 Å². The van der Waals surface area contributed by atoms with Crippen molar-refractivity contribution in [3.05, 3.63) is 0 Å². The molecule has 0 unspecified atom stereocenters. The Morgan fingerprint density at radius 3 is 2.00 bits per heavy atom. The lowest BCUT2D eigenvalue weighted by Crippen LogP contribution is -2.41. The molecule has 8 nitrogen and oxygen atoms in total. The van der Waals surface area contributed by atoms with E-state index in [1.807, 2.05) is 21.1 Å². The Balaban J connectivity index is 0. The maximum atomic E-state index is 9.87. The molecule has 9 heteroatoms. The first-order chi connectivity index (χ1) is 6.42. The summed E-state index contributed by atoms with van der Waals surface area (Å²) >= 11 is 0. The van der Waals surface area contributed by atoms with Crippen LogP contribution in [0.4, 0.5) is 0 Å². The molecule has 0 aromatic rings. The van der Waals surface area contributed by atoms with E-state index in [0.29, 0.717) is 4.59 Å². The second-order valence-electron chi connectivity index (χ2n) is 3.56. The van der Waals surface area contributed by atoms with Crippen LogP contribution in [0.3, 0.4) is 0 Å². The molecule has 0 bridgehead atoms. The van der Waals surface area contributed by atoms with Gasteiger partial charge in [-0.15, -0.1) is 0 Å². The first kappa shape index (κ1) is 16.9. The normalized spacial score (nSPS) is 11.6. The number of nitrogens with zero attached hydrogens (tertiary/aromatic N) is 1. The molecular formula is C6H17N2O6P. The zero-order chi connectivity index (χ0) is 12.7. The molecule has 15 heavy (non-hydrogen) atoms. The van der Waals surface area contributed by atoms with Crippen LogP contribution in [0, 0.1) is 0 Å². The number of quaternary nitrogens is 1. The maximum Gasteiger partial charge on any atom is 0.469 e. The molecule has 0 spiro atoms. The summed E-state index contributed by atoms with van der Waals surface area (Å²) in [5, 5.41) is 9.64. The summed E-state index contributed by atoms with van der Waals surface area (Å²) in [5.41, 5.74) is 0. The number of hydrogen-bond donors (Lipinski definition) is 3. The van der Waals surface area contributed by atoms with E-state index in [9.17, 15) is 14.5 Å². The molecular weight excluding hydrogens is 227 g/mol. The molecule has 0 aliphatic heterocycles. The van der Waals surface area contributed by atoms with Crippen LogP contribution in [0.5, 0.6) is 0 Å². The van der Waals surface area contributed by atoms with Gasteiger partial charge in [-0.2, -0.15) is 5.84 Å². The van der Waals surface area contributed by atoms with Gasteiger partial charge in [-0.1, -0.05) is 0 Å². The third kappa shape index (κ3) is 42.3. The van der Waals surface area contributed by atoms with Gasteiger partial charge in [-0.05, 0) is 0 Å². The minimum atomic E-state index is -4.51. The van der Waals surface area contributed by atoms with Gasteiger partial charge in [-0.25, -0.2) is 4.57 Å². The number of nitrogens with two attached hydrogens (primary N) is 1. The molecule has 0 aliphatic carbocycles. The van der Waals surface area contributed by atoms with E-state index in [2.05, 4.69) is 4.52 Å². The summed E-state index contributed by atoms with van der Waals surface area (Å²) in [6, 6.07) is 0. The van der Waals surface area contributed by atoms with Crippen molar-refractivity contribution in [2.75, 3.05) is 27.7 Å². The van der Waals surface area contributed by atoms with Gasteiger partial charge in [-0.3, -0.25) is 9.12 Å². The summed E-state index contributed by atoms with van der Waals surface area (Å²) in [4.78, 5) is 25.7. The fourth-order valence-corrected chi connectivity index (χ4v) is 0.577. The van der Waals surface area contributed by atoms with Gasteiger partial charge in [0.2, 0.25) is 0 Å². The van der Waals surface area contributed by atoms with Gasteiger partial charge in [0.1, 0.15) is 0 Å². The molecule has 0 amide bonds. The van der Waals surface area contributed by atoms with Crippen LogP contribution in [0.15, 0.2) is 0 Å². The molecule has 0 saturated carbocycles. The quantitative estimate of drug-likeness (QED) is 0.221. The van der Waals surface area contributed by atoms with Crippen molar-refractivity contribution in [2.45, 2.75) is 6.42 Å². The van der Waals surface area contributed by atoms with Crippen molar-refractivity contribution in [2.24, 2.45) is 5.84 Å². The lowest BCUT2D eigenvalue weighted by molar-refractivity contribution is -0.882. The Kier molecular flexibility index (Phi) is 7.77. The Morgan fingerprint density at radius 1 is 1.47 bits per heavy atom. The van der Waals surface area contributed by atoms with Crippen LogP contribution in [-0.4, -0.2) is 48.1 Å². The molecule has 92 valence electrons. The monoisotopic (exact) mass is 244 g/mol. The topological polar surface area (TPSA) is 133 Å². The Morgan fingerprint density at radius 2 is 1.80 bits per heavy atom. The molecule has 0 atom stereocenters. The maximum absolute atomic E-state index is 9.87. The van der Waals surface area contributed by atoms with E-state index in [0.717, 1.165) is 0 Å². The SMILES string of the molecule is C[N+](C)(C)N.O=C([O-])CCOP(=O)(O)O. The number of rotatable bonds is 4. The average molecular weight is 244 g/mol. The lowest BCUT2D eigenvalue weighted by Gasteiger charge is -2.12. The molecule has 0 heterocycles. The van der Waals surface area contributed by atoms with Crippen molar-refractivity contribution in [3.63, 3.8) is 0 Å². The second-order valence-corrected chi connectivity index (χ2v) is 4.80.